The molecule has 2 unspecified atom stereocenters. The average Bonchev–Trinajstić information content (AvgIpc) is 2.66. The van der Waals surface area contributed by atoms with Gasteiger partial charge in [0.05, 0.1) is 0 Å². The minimum Gasteiger partial charge on any atom is -0.349 e. The third-order valence-corrected chi connectivity index (χ3v) is 2.35. The maximum atomic E-state index is 11.1. The van der Waals surface area contributed by atoms with Gasteiger partial charge in [-0.05, 0) is 12.3 Å². The van der Waals surface area contributed by atoms with E-state index in [1.54, 1.807) is 19.0 Å². The number of hydrogen-bond donors (Lipinski definition) is 1. The minimum absolute atomic E-state index is 0.204. The summed E-state index contributed by atoms with van der Waals surface area (Å²) in [7, 11) is 3.59. The molecule has 12 heavy (non-hydrogen) atoms. The Morgan fingerprint density at radius 3 is 2.58 bits per heavy atom. The molecule has 0 spiro atoms. The van der Waals surface area contributed by atoms with Crippen LogP contribution >= 0.6 is 0 Å². The van der Waals surface area contributed by atoms with Crippen LogP contribution in [0.25, 0.3) is 0 Å². The van der Waals surface area contributed by atoms with Crippen LogP contribution in [0.4, 0.5) is 0 Å². The Morgan fingerprint density at radius 2 is 2.17 bits per heavy atom. The summed E-state index contributed by atoms with van der Waals surface area (Å²) in [5.74, 6) is 1.02. The van der Waals surface area contributed by atoms with Crippen LogP contribution in [0.15, 0.2) is 0 Å². The Bertz CT molecular complexity index is 168. The van der Waals surface area contributed by atoms with E-state index in [0.717, 1.165) is 12.5 Å². The minimum atomic E-state index is 0.204. The van der Waals surface area contributed by atoms with Gasteiger partial charge in [-0.1, -0.05) is 6.92 Å². The number of amides is 1. The van der Waals surface area contributed by atoms with E-state index in [4.69, 9.17) is 0 Å². The van der Waals surface area contributed by atoms with Gasteiger partial charge in [-0.25, -0.2) is 0 Å². The molecule has 1 aliphatic carbocycles. The highest BCUT2D eigenvalue weighted by molar-refractivity contribution is 5.75. The van der Waals surface area contributed by atoms with Crippen LogP contribution in [0.2, 0.25) is 0 Å². The zero-order valence-corrected chi connectivity index (χ0v) is 8.13. The molecular formula is C9H18N2O. The van der Waals surface area contributed by atoms with Crippen LogP contribution in [0.5, 0.6) is 0 Å². The van der Waals surface area contributed by atoms with Gasteiger partial charge in [0, 0.05) is 33.1 Å². The molecule has 0 aromatic rings. The first-order chi connectivity index (χ1) is 5.61. The Balaban J connectivity index is 1.99. The summed E-state index contributed by atoms with van der Waals surface area (Å²) in [6.07, 6.45) is 1.90. The standard InChI is InChI=1S/C9H18N2O/c1-7-6-8(7)10-5-4-9(12)11(2)3/h7-8,10H,4-6H2,1-3H3. The number of rotatable bonds is 4. The van der Waals surface area contributed by atoms with Crippen LogP contribution in [0, 0.1) is 5.92 Å². The third-order valence-electron chi connectivity index (χ3n) is 2.35. The highest BCUT2D eigenvalue weighted by Gasteiger charge is 2.31. The van der Waals surface area contributed by atoms with Gasteiger partial charge in [0.1, 0.15) is 0 Å². The molecule has 0 aliphatic heterocycles. The molecule has 2 atom stereocenters. The van der Waals surface area contributed by atoms with Crippen molar-refractivity contribution in [2.24, 2.45) is 5.92 Å². The van der Waals surface area contributed by atoms with E-state index >= 15 is 0 Å². The summed E-state index contributed by atoms with van der Waals surface area (Å²) < 4.78 is 0. The molecule has 1 N–H and O–H groups in total. The summed E-state index contributed by atoms with van der Waals surface area (Å²) in [5, 5.41) is 3.34. The first-order valence-electron chi connectivity index (χ1n) is 4.55. The summed E-state index contributed by atoms with van der Waals surface area (Å²) in [6, 6.07) is 0.681. The summed E-state index contributed by atoms with van der Waals surface area (Å²) in [5.41, 5.74) is 0. The maximum absolute atomic E-state index is 11.1. The van der Waals surface area contributed by atoms with Crippen molar-refractivity contribution < 1.29 is 4.79 Å². The largest absolute Gasteiger partial charge is 0.349 e. The van der Waals surface area contributed by atoms with Crippen molar-refractivity contribution in [3.05, 3.63) is 0 Å². The zero-order valence-electron chi connectivity index (χ0n) is 8.13. The van der Waals surface area contributed by atoms with Gasteiger partial charge < -0.3 is 10.2 Å². The molecule has 0 radical (unpaired) electrons. The number of hydrogen-bond acceptors (Lipinski definition) is 2. The highest BCUT2D eigenvalue weighted by atomic mass is 16.2. The molecule has 1 fully saturated rings. The van der Waals surface area contributed by atoms with Crippen molar-refractivity contribution in [3.8, 4) is 0 Å². The number of nitrogens with one attached hydrogen (secondary N) is 1. The number of nitrogens with zero attached hydrogens (tertiary/aromatic N) is 1. The second-order valence-electron chi connectivity index (χ2n) is 3.81. The molecule has 1 saturated carbocycles. The fourth-order valence-corrected chi connectivity index (χ4v) is 1.19. The van der Waals surface area contributed by atoms with Crippen LogP contribution in [-0.4, -0.2) is 37.5 Å². The third kappa shape index (κ3) is 2.81. The molecule has 1 amide bonds. The van der Waals surface area contributed by atoms with E-state index in [1.807, 2.05) is 0 Å². The molecule has 0 aromatic carbocycles. The fraction of sp³-hybridized carbons (Fsp3) is 0.889. The predicted molar refractivity (Wildman–Crippen MR) is 48.9 cm³/mol. The van der Waals surface area contributed by atoms with Crippen LogP contribution in [-0.2, 0) is 4.79 Å². The van der Waals surface area contributed by atoms with Crippen molar-refractivity contribution in [1.29, 1.82) is 0 Å². The highest BCUT2D eigenvalue weighted by Crippen LogP contribution is 2.28. The molecule has 0 heterocycles. The van der Waals surface area contributed by atoms with Gasteiger partial charge in [0.2, 0.25) is 5.91 Å². The quantitative estimate of drug-likeness (QED) is 0.665. The smallest absolute Gasteiger partial charge is 0.223 e. The molecule has 3 heteroatoms. The second-order valence-corrected chi connectivity index (χ2v) is 3.81. The van der Waals surface area contributed by atoms with E-state index in [1.165, 1.54) is 6.42 Å². The SMILES string of the molecule is CC1CC1NCCC(=O)N(C)C. The number of carbonyl (C=O) groups excluding carboxylic acids is 1. The van der Waals surface area contributed by atoms with Crippen LogP contribution < -0.4 is 5.32 Å². The van der Waals surface area contributed by atoms with Gasteiger partial charge in [-0.3, -0.25) is 4.79 Å². The second kappa shape index (κ2) is 3.90. The average molecular weight is 170 g/mol. The summed E-state index contributed by atoms with van der Waals surface area (Å²) in [6.45, 7) is 3.05. The predicted octanol–water partition coefficient (Wildman–Crippen LogP) is 0.463. The molecule has 1 rings (SSSR count). The van der Waals surface area contributed by atoms with E-state index in [-0.39, 0.29) is 5.91 Å². The Kier molecular flexibility index (Phi) is 3.09. The Labute approximate surface area is 74.1 Å². The van der Waals surface area contributed by atoms with E-state index in [2.05, 4.69) is 12.2 Å². The summed E-state index contributed by atoms with van der Waals surface area (Å²) in [4.78, 5) is 12.7. The lowest BCUT2D eigenvalue weighted by Gasteiger charge is -2.09. The molecule has 3 nitrogen and oxygen atoms in total. The first kappa shape index (κ1) is 9.52. The lowest BCUT2D eigenvalue weighted by molar-refractivity contribution is -0.128. The Morgan fingerprint density at radius 1 is 1.58 bits per heavy atom. The summed E-state index contributed by atoms with van der Waals surface area (Å²) >= 11 is 0. The first-order valence-corrected chi connectivity index (χ1v) is 4.55. The van der Waals surface area contributed by atoms with Crippen LogP contribution in [0.3, 0.4) is 0 Å². The monoisotopic (exact) mass is 170 g/mol. The maximum Gasteiger partial charge on any atom is 0.223 e. The molecule has 70 valence electrons. The van der Waals surface area contributed by atoms with Crippen molar-refractivity contribution in [2.45, 2.75) is 25.8 Å². The zero-order chi connectivity index (χ0) is 9.14. The van der Waals surface area contributed by atoms with Gasteiger partial charge in [0.15, 0.2) is 0 Å². The normalized spacial score (nSPS) is 26.9. The number of carbonyl (C=O) groups is 1. The van der Waals surface area contributed by atoms with Gasteiger partial charge in [-0.15, -0.1) is 0 Å². The van der Waals surface area contributed by atoms with E-state index < -0.39 is 0 Å². The molecule has 0 aromatic heterocycles. The molecule has 0 bridgehead atoms. The van der Waals surface area contributed by atoms with E-state index in [0.29, 0.717) is 12.5 Å². The van der Waals surface area contributed by atoms with Crippen molar-refractivity contribution >= 4 is 5.91 Å². The lowest BCUT2D eigenvalue weighted by Crippen LogP contribution is -2.28. The van der Waals surface area contributed by atoms with Gasteiger partial charge in [0.25, 0.3) is 0 Å². The topological polar surface area (TPSA) is 32.3 Å². The van der Waals surface area contributed by atoms with Crippen molar-refractivity contribution in [1.82, 2.24) is 10.2 Å². The molecule has 0 saturated heterocycles. The van der Waals surface area contributed by atoms with E-state index in [9.17, 15) is 4.79 Å². The van der Waals surface area contributed by atoms with Crippen molar-refractivity contribution in [3.63, 3.8) is 0 Å². The fourth-order valence-electron chi connectivity index (χ4n) is 1.19. The Hall–Kier alpha value is -0.570. The van der Waals surface area contributed by atoms with Crippen LogP contribution in [0.1, 0.15) is 19.8 Å². The molecular weight excluding hydrogens is 152 g/mol. The lowest BCUT2D eigenvalue weighted by atomic mass is 10.3. The van der Waals surface area contributed by atoms with Gasteiger partial charge in [-0.2, -0.15) is 0 Å². The van der Waals surface area contributed by atoms with Crippen molar-refractivity contribution in [2.75, 3.05) is 20.6 Å². The molecule has 1 aliphatic rings. The van der Waals surface area contributed by atoms with Gasteiger partial charge >= 0.3 is 0 Å².